The summed E-state index contributed by atoms with van der Waals surface area (Å²) in [5.74, 6) is 0.634. The third-order valence-electron chi connectivity index (χ3n) is 2.04. The molecule has 3 heteroatoms. The highest BCUT2D eigenvalue weighted by molar-refractivity contribution is 5.97. The first-order chi connectivity index (χ1) is 7.19. The molecule has 0 aliphatic carbocycles. The summed E-state index contributed by atoms with van der Waals surface area (Å²) >= 11 is 0. The molecule has 3 nitrogen and oxygen atoms in total. The van der Waals surface area contributed by atoms with E-state index >= 15 is 0 Å². The smallest absolute Gasteiger partial charge is 0.176 e. The molecule has 0 saturated carbocycles. The molecule has 15 heavy (non-hydrogen) atoms. The zero-order valence-electron chi connectivity index (χ0n) is 8.91. The minimum absolute atomic E-state index is 0.0760. The quantitative estimate of drug-likeness (QED) is 0.706. The van der Waals surface area contributed by atoms with Gasteiger partial charge in [0, 0.05) is 5.56 Å². The number of carbonyl (C=O) groups excluding carboxylic acids is 1. The predicted octanol–water partition coefficient (Wildman–Crippen LogP) is 2.49. The van der Waals surface area contributed by atoms with Crippen LogP contribution in [-0.2, 0) is 0 Å². The van der Waals surface area contributed by atoms with Gasteiger partial charge in [0.1, 0.15) is 5.75 Å². The molecular formula is C12H13NO2. The van der Waals surface area contributed by atoms with E-state index in [2.05, 4.69) is 0 Å². The van der Waals surface area contributed by atoms with Crippen LogP contribution in [0.5, 0.6) is 5.75 Å². The molecule has 0 saturated heterocycles. The summed E-state index contributed by atoms with van der Waals surface area (Å²) in [4.78, 5) is 11.4. The summed E-state index contributed by atoms with van der Waals surface area (Å²) in [7, 11) is 0. The lowest BCUT2D eigenvalue weighted by atomic mass is 10.1. The van der Waals surface area contributed by atoms with E-state index in [0.29, 0.717) is 12.2 Å². The van der Waals surface area contributed by atoms with Crippen molar-refractivity contribution in [3.8, 4) is 11.8 Å². The van der Waals surface area contributed by atoms with Gasteiger partial charge in [-0.15, -0.1) is 0 Å². The fourth-order valence-electron chi connectivity index (χ4n) is 1.31. The second kappa shape index (κ2) is 5.16. The van der Waals surface area contributed by atoms with Crippen LogP contribution in [0.25, 0.3) is 0 Å². The number of nitrogens with zero attached hydrogens (tertiary/aromatic N) is 1. The summed E-state index contributed by atoms with van der Waals surface area (Å²) in [5, 5.41) is 8.41. The van der Waals surface area contributed by atoms with Crippen LogP contribution in [0.3, 0.4) is 0 Å². The minimum Gasteiger partial charge on any atom is -0.494 e. The number of hydrogen-bond acceptors (Lipinski definition) is 3. The molecule has 0 N–H and O–H groups in total. The van der Waals surface area contributed by atoms with Crippen molar-refractivity contribution >= 4 is 5.78 Å². The Bertz CT molecular complexity index is 405. The van der Waals surface area contributed by atoms with E-state index in [1.54, 1.807) is 18.2 Å². The third kappa shape index (κ3) is 2.81. The summed E-state index contributed by atoms with van der Waals surface area (Å²) in [6, 6.07) is 7.06. The van der Waals surface area contributed by atoms with E-state index in [9.17, 15) is 4.79 Å². The van der Waals surface area contributed by atoms with Crippen molar-refractivity contribution < 1.29 is 9.53 Å². The summed E-state index contributed by atoms with van der Waals surface area (Å²) in [6.07, 6.45) is -0.0760. The van der Waals surface area contributed by atoms with E-state index in [0.717, 1.165) is 11.3 Å². The van der Waals surface area contributed by atoms with Crippen LogP contribution in [0.4, 0.5) is 0 Å². The van der Waals surface area contributed by atoms with Gasteiger partial charge >= 0.3 is 0 Å². The second-order valence-corrected chi connectivity index (χ2v) is 3.17. The fourth-order valence-corrected chi connectivity index (χ4v) is 1.31. The lowest BCUT2D eigenvalue weighted by Gasteiger charge is -2.07. The molecule has 0 amide bonds. The number of carbonyl (C=O) groups is 1. The van der Waals surface area contributed by atoms with Crippen molar-refractivity contribution in [2.45, 2.75) is 20.3 Å². The molecule has 1 aromatic rings. The van der Waals surface area contributed by atoms with Crippen LogP contribution in [0.15, 0.2) is 18.2 Å². The normalized spacial score (nSPS) is 9.40. The standard InChI is InChI=1S/C12H13NO2/c1-3-15-12-5-4-10(8-9(12)2)11(14)6-7-13/h4-5,8H,3,6H2,1-2H3. The SMILES string of the molecule is CCOc1ccc(C(=O)CC#N)cc1C. The second-order valence-electron chi connectivity index (χ2n) is 3.17. The molecule has 0 radical (unpaired) electrons. The molecule has 0 heterocycles. The largest absolute Gasteiger partial charge is 0.494 e. The number of aryl methyl sites for hydroxylation is 1. The van der Waals surface area contributed by atoms with Gasteiger partial charge in [0.2, 0.25) is 0 Å². The zero-order chi connectivity index (χ0) is 11.3. The highest BCUT2D eigenvalue weighted by Crippen LogP contribution is 2.19. The Morgan fingerprint density at radius 3 is 2.80 bits per heavy atom. The van der Waals surface area contributed by atoms with Gasteiger partial charge in [0.15, 0.2) is 5.78 Å². The van der Waals surface area contributed by atoms with E-state index in [-0.39, 0.29) is 12.2 Å². The first kappa shape index (κ1) is 11.3. The monoisotopic (exact) mass is 203 g/mol. The molecule has 0 aliphatic heterocycles. The molecule has 1 aromatic carbocycles. The number of ether oxygens (including phenoxy) is 1. The van der Waals surface area contributed by atoms with Crippen LogP contribution in [0.1, 0.15) is 29.3 Å². The predicted molar refractivity (Wildman–Crippen MR) is 56.9 cm³/mol. The molecule has 1 rings (SSSR count). The summed E-state index contributed by atoms with van der Waals surface area (Å²) in [5.41, 5.74) is 1.48. The number of ketones is 1. The highest BCUT2D eigenvalue weighted by Gasteiger charge is 2.07. The average Bonchev–Trinajstić information content (AvgIpc) is 2.21. The average molecular weight is 203 g/mol. The molecule has 0 fully saturated rings. The van der Waals surface area contributed by atoms with Crippen LogP contribution in [-0.4, -0.2) is 12.4 Å². The molecule has 0 unspecified atom stereocenters. The molecule has 0 atom stereocenters. The summed E-state index contributed by atoms with van der Waals surface area (Å²) in [6.45, 7) is 4.40. The van der Waals surface area contributed by atoms with Gasteiger partial charge in [-0.2, -0.15) is 5.26 Å². The Balaban J connectivity index is 2.92. The van der Waals surface area contributed by atoms with Crippen LogP contribution in [0, 0.1) is 18.3 Å². The number of nitriles is 1. The highest BCUT2D eigenvalue weighted by atomic mass is 16.5. The maximum absolute atomic E-state index is 11.4. The van der Waals surface area contributed by atoms with Crippen LogP contribution < -0.4 is 4.74 Å². The van der Waals surface area contributed by atoms with Crippen molar-refractivity contribution in [3.05, 3.63) is 29.3 Å². The van der Waals surface area contributed by atoms with Crippen molar-refractivity contribution in [3.63, 3.8) is 0 Å². The van der Waals surface area contributed by atoms with Crippen molar-refractivity contribution in [2.75, 3.05) is 6.61 Å². The zero-order valence-corrected chi connectivity index (χ0v) is 8.91. The first-order valence-corrected chi connectivity index (χ1v) is 4.82. The van der Waals surface area contributed by atoms with Gasteiger partial charge in [-0.05, 0) is 37.6 Å². The molecular weight excluding hydrogens is 190 g/mol. The Kier molecular flexibility index (Phi) is 3.87. The Morgan fingerprint density at radius 2 is 2.27 bits per heavy atom. The fraction of sp³-hybridized carbons (Fsp3) is 0.333. The number of rotatable bonds is 4. The van der Waals surface area contributed by atoms with Crippen molar-refractivity contribution in [1.29, 1.82) is 5.26 Å². The Hall–Kier alpha value is -1.82. The number of Topliss-reactive ketones (excluding diaryl/α,β-unsaturated/α-hetero) is 1. The van der Waals surface area contributed by atoms with E-state index < -0.39 is 0 Å². The third-order valence-corrected chi connectivity index (χ3v) is 2.04. The molecule has 0 bridgehead atoms. The van der Waals surface area contributed by atoms with E-state index in [1.165, 1.54) is 0 Å². The van der Waals surface area contributed by atoms with Crippen LogP contribution in [0.2, 0.25) is 0 Å². The molecule has 0 spiro atoms. The van der Waals surface area contributed by atoms with Gasteiger partial charge in [-0.1, -0.05) is 0 Å². The van der Waals surface area contributed by atoms with E-state index in [1.807, 2.05) is 19.9 Å². The lowest BCUT2D eigenvalue weighted by molar-refractivity contribution is 0.0997. The van der Waals surface area contributed by atoms with Gasteiger partial charge in [0.25, 0.3) is 0 Å². The maximum Gasteiger partial charge on any atom is 0.176 e. The topological polar surface area (TPSA) is 50.1 Å². The summed E-state index contributed by atoms with van der Waals surface area (Å²) < 4.78 is 5.36. The Morgan fingerprint density at radius 1 is 1.53 bits per heavy atom. The minimum atomic E-state index is -0.149. The molecule has 0 aromatic heterocycles. The van der Waals surface area contributed by atoms with Gasteiger partial charge < -0.3 is 4.74 Å². The van der Waals surface area contributed by atoms with Gasteiger partial charge in [-0.3, -0.25) is 4.79 Å². The van der Waals surface area contributed by atoms with Crippen molar-refractivity contribution in [1.82, 2.24) is 0 Å². The number of hydrogen-bond donors (Lipinski definition) is 0. The molecule has 0 aliphatic rings. The van der Waals surface area contributed by atoms with Crippen molar-refractivity contribution in [2.24, 2.45) is 0 Å². The van der Waals surface area contributed by atoms with E-state index in [4.69, 9.17) is 10.00 Å². The van der Waals surface area contributed by atoms with Gasteiger partial charge in [-0.25, -0.2) is 0 Å². The van der Waals surface area contributed by atoms with Crippen LogP contribution >= 0.6 is 0 Å². The number of benzene rings is 1. The first-order valence-electron chi connectivity index (χ1n) is 4.82. The Labute approximate surface area is 89.3 Å². The lowest BCUT2D eigenvalue weighted by Crippen LogP contribution is -2.00. The van der Waals surface area contributed by atoms with Gasteiger partial charge in [0.05, 0.1) is 19.1 Å². The molecule has 78 valence electrons. The maximum atomic E-state index is 11.4.